The van der Waals surface area contributed by atoms with Gasteiger partial charge in [-0.05, 0) is 39.0 Å². The summed E-state index contributed by atoms with van der Waals surface area (Å²) >= 11 is 5.57. The number of hydrogen-bond donors (Lipinski definition) is 1. The fraction of sp³-hybridized carbons (Fsp3) is 0.533. The van der Waals surface area contributed by atoms with Gasteiger partial charge >= 0.3 is 6.18 Å². The Labute approximate surface area is 150 Å². The van der Waals surface area contributed by atoms with Crippen LogP contribution in [0.1, 0.15) is 33.3 Å². The van der Waals surface area contributed by atoms with Crippen LogP contribution in [-0.4, -0.2) is 37.3 Å². The molecule has 1 N–H and O–H groups in total. The molecule has 25 heavy (non-hydrogen) atoms. The minimum atomic E-state index is -4.90. The zero-order valence-corrected chi connectivity index (χ0v) is 15.8. The largest absolute Gasteiger partial charge is 0.417 e. The van der Waals surface area contributed by atoms with Gasteiger partial charge in [0.25, 0.3) is 0 Å². The van der Waals surface area contributed by atoms with Gasteiger partial charge in [0.05, 0.1) is 17.0 Å². The Balaban J connectivity index is 3.28. The highest BCUT2D eigenvalue weighted by molar-refractivity contribution is 7.89. The Morgan fingerprint density at radius 2 is 1.80 bits per heavy atom. The lowest BCUT2D eigenvalue weighted by Gasteiger charge is -2.25. The maximum absolute atomic E-state index is 13.2. The molecule has 0 aliphatic carbocycles. The number of benzene rings is 1. The predicted octanol–water partition coefficient (Wildman–Crippen LogP) is 3.28. The predicted molar refractivity (Wildman–Crippen MR) is 88.8 cm³/mol. The number of rotatable bonds is 5. The molecule has 0 atom stereocenters. The summed E-state index contributed by atoms with van der Waals surface area (Å²) in [5.74, 6) is -0.611. The number of likely N-dealkylation sites (N-methyl/N-ethyl adjacent to an activating group) is 1. The molecule has 1 aromatic rings. The third-order valence-corrected chi connectivity index (χ3v) is 5.27. The summed E-state index contributed by atoms with van der Waals surface area (Å²) in [7, 11) is -4.54. The Morgan fingerprint density at radius 3 is 2.24 bits per heavy atom. The van der Waals surface area contributed by atoms with Crippen LogP contribution in [0.5, 0.6) is 0 Å². The van der Waals surface area contributed by atoms with Crippen LogP contribution in [-0.2, 0) is 21.0 Å². The summed E-state index contributed by atoms with van der Waals surface area (Å²) in [6.07, 6.45) is -4.90. The molecule has 5 nitrogen and oxygen atoms in total. The van der Waals surface area contributed by atoms with Crippen molar-refractivity contribution in [3.8, 4) is 0 Å². The lowest BCUT2D eigenvalue weighted by molar-refractivity contribution is -0.139. The van der Waals surface area contributed by atoms with Gasteiger partial charge in [-0.2, -0.15) is 17.5 Å². The number of amides is 1. The van der Waals surface area contributed by atoms with Crippen LogP contribution in [0.25, 0.3) is 0 Å². The zero-order chi connectivity index (χ0) is 19.6. The van der Waals surface area contributed by atoms with Crippen molar-refractivity contribution >= 4 is 27.5 Å². The third kappa shape index (κ3) is 5.86. The highest BCUT2D eigenvalue weighted by atomic mass is 35.5. The second-order valence-electron chi connectivity index (χ2n) is 6.37. The standard InChI is InChI=1S/C15H20ClF3N2O3S/c1-5-21(9-13(22)20-14(2,3)4)25(23,24)12-7-6-10(16)8-11(12)15(17,18)19/h6-8H,5,9H2,1-4H3,(H,20,22). The first-order chi connectivity index (χ1) is 11.2. The Bertz CT molecular complexity index is 743. The van der Waals surface area contributed by atoms with Crippen molar-refractivity contribution in [1.29, 1.82) is 0 Å². The number of halogens is 4. The van der Waals surface area contributed by atoms with Gasteiger partial charge in [-0.1, -0.05) is 18.5 Å². The second-order valence-corrected chi connectivity index (χ2v) is 8.71. The van der Waals surface area contributed by atoms with Crippen molar-refractivity contribution in [2.75, 3.05) is 13.1 Å². The lowest BCUT2D eigenvalue weighted by Crippen LogP contribution is -2.47. The number of alkyl halides is 3. The minimum Gasteiger partial charge on any atom is -0.350 e. The molecule has 0 unspecified atom stereocenters. The van der Waals surface area contributed by atoms with Crippen molar-refractivity contribution in [1.82, 2.24) is 9.62 Å². The number of carbonyl (C=O) groups excluding carboxylic acids is 1. The van der Waals surface area contributed by atoms with E-state index in [0.29, 0.717) is 10.4 Å². The molecule has 0 aliphatic heterocycles. The first kappa shape index (κ1) is 21.7. The topological polar surface area (TPSA) is 66.5 Å². The minimum absolute atomic E-state index is 0.167. The van der Waals surface area contributed by atoms with Crippen LogP contribution in [0.2, 0.25) is 5.02 Å². The zero-order valence-electron chi connectivity index (χ0n) is 14.2. The smallest absolute Gasteiger partial charge is 0.350 e. The summed E-state index contributed by atoms with van der Waals surface area (Å²) in [4.78, 5) is 11.0. The van der Waals surface area contributed by atoms with Crippen LogP contribution >= 0.6 is 11.6 Å². The summed E-state index contributed by atoms with van der Waals surface area (Å²) in [5, 5.41) is 2.34. The molecule has 0 fully saturated rings. The first-order valence-electron chi connectivity index (χ1n) is 7.36. The lowest BCUT2D eigenvalue weighted by atomic mass is 10.1. The SMILES string of the molecule is CCN(CC(=O)NC(C)(C)C)S(=O)(=O)c1ccc(Cl)cc1C(F)(F)F. The van der Waals surface area contributed by atoms with Crippen LogP contribution in [0.4, 0.5) is 13.2 Å². The average molecular weight is 401 g/mol. The summed E-state index contributed by atoms with van der Waals surface area (Å²) in [6, 6.07) is 2.41. The van der Waals surface area contributed by atoms with Crippen molar-refractivity contribution in [2.45, 2.75) is 44.3 Å². The van der Waals surface area contributed by atoms with E-state index in [2.05, 4.69) is 5.32 Å². The molecular formula is C15H20ClF3N2O3S. The van der Waals surface area contributed by atoms with Gasteiger partial charge in [0.1, 0.15) is 0 Å². The number of sulfonamides is 1. The van der Waals surface area contributed by atoms with Gasteiger partial charge < -0.3 is 5.32 Å². The van der Waals surface area contributed by atoms with E-state index in [1.165, 1.54) is 6.92 Å². The number of nitrogens with one attached hydrogen (secondary N) is 1. The van der Waals surface area contributed by atoms with Crippen LogP contribution < -0.4 is 5.32 Å². The number of nitrogens with zero attached hydrogens (tertiary/aromatic N) is 1. The molecule has 0 bridgehead atoms. The molecule has 0 radical (unpaired) electrons. The molecule has 0 heterocycles. The Hall–Kier alpha value is -1.32. The Morgan fingerprint density at radius 1 is 1.24 bits per heavy atom. The van der Waals surface area contributed by atoms with Gasteiger partial charge in [-0.3, -0.25) is 4.79 Å². The first-order valence-corrected chi connectivity index (χ1v) is 9.18. The van der Waals surface area contributed by atoms with E-state index in [1.807, 2.05) is 0 Å². The highest BCUT2D eigenvalue weighted by Gasteiger charge is 2.39. The summed E-state index contributed by atoms with van der Waals surface area (Å²) in [5.41, 5.74) is -1.97. The van der Waals surface area contributed by atoms with E-state index >= 15 is 0 Å². The molecule has 1 rings (SSSR count). The monoisotopic (exact) mass is 400 g/mol. The van der Waals surface area contributed by atoms with Crippen molar-refractivity contribution in [3.05, 3.63) is 28.8 Å². The maximum Gasteiger partial charge on any atom is 0.417 e. The number of carbonyl (C=O) groups is 1. The normalized spacial score (nSPS) is 13.2. The van der Waals surface area contributed by atoms with E-state index in [-0.39, 0.29) is 11.6 Å². The molecular weight excluding hydrogens is 381 g/mol. The van der Waals surface area contributed by atoms with Gasteiger partial charge in [0.2, 0.25) is 15.9 Å². The molecule has 142 valence electrons. The molecule has 1 aromatic carbocycles. The maximum atomic E-state index is 13.2. The van der Waals surface area contributed by atoms with Crippen LogP contribution in [0.15, 0.2) is 23.1 Å². The molecule has 0 aliphatic rings. The second kappa shape index (κ2) is 7.51. The molecule has 1 amide bonds. The van der Waals surface area contributed by atoms with Crippen molar-refractivity contribution < 1.29 is 26.4 Å². The highest BCUT2D eigenvalue weighted by Crippen LogP contribution is 2.36. The molecule has 0 saturated carbocycles. The average Bonchev–Trinajstić information content (AvgIpc) is 2.41. The third-order valence-electron chi connectivity index (χ3n) is 3.05. The van der Waals surface area contributed by atoms with E-state index < -0.39 is 44.6 Å². The molecule has 0 aromatic heterocycles. The summed E-state index contributed by atoms with van der Waals surface area (Å²) in [6.45, 7) is 5.80. The summed E-state index contributed by atoms with van der Waals surface area (Å²) < 4.78 is 65.5. The van der Waals surface area contributed by atoms with E-state index in [9.17, 15) is 26.4 Å². The van der Waals surface area contributed by atoms with Crippen LogP contribution in [0.3, 0.4) is 0 Å². The molecule has 0 spiro atoms. The van der Waals surface area contributed by atoms with E-state index in [4.69, 9.17) is 11.6 Å². The van der Waals surface area contributed by atoms with Crippen LogP contribution in [0, 0.1) is 0 Å². The fourth-order valence-electron chi connectivity index (χ4n) is 2.07. The van der Waals surface area contributed by atoms with E-state index in [0.717, 1.165) is 12.1 Å². The Kier molecular flexibility index (Phi) is 6.52. The quantitative estimate of drug-likeness (QED) is 0.824. The van der Waals surface area contributed by atoms with Crippen molar-refractivity contribution in [2.24, 2.45) is 0 Å². The molecule has 10 heteroatoms. The fourth-order valence-corrected chi connectivity index (χ4v) is 3.84. The van der Waals surface area contributed by atoms with E-state index in [1.54, 1.807) is 20.8 Å². The van der Waals surface area contributed by atoms with Crippen molar-refractivity contribution in [3.63, 3.8) is 0 Å². The van der Waals surface area contributed by atoms with Gasteiger partial charge in [0.15, 0.2) is 0 Å². The van der Waals surface area contributed by atoms with Gasteiger partial charge in [-0.15, -0.1) is 0 Å². The number of hydrogen-bond acceptors (Lipinski definition) is 3. The molecule has 0 saturated heterocycles. The van der Waals surface area contributed by atoms with Gasteiger partial charge in [-0.25, -0.2) is 8.42 Å². The van der Waals surface area contributed by atoms with Gasteiger partial charge in [0, 0.05) is 17.1 Å².